The first-order chi connectivity index (χ1) is 19.4. The highest BCUT2D eigenvalue weighted by Crippen LogP contribution is 2.37. The molecular weight excluding hydrogens is 508 g/mol. The summed E-state index contributed by atoms with van der Waals surface area (Å²) in [5, 5.41) is 0. The molecular formula is C36H42F4. The summed E-state index contributed by atoms with van der Waals surface area (Å²) in [5.74, 6) is -2.74. The Morgan fingerprint density at radius 1 is 0.600 bits per heavy atom. The van der Waals surface area contributed by atoms with Crippen molar-refractivity contribution in [1.29, 1.82) is 0 Å². The number of allylic oxidation sites excluding steroid dienone is 2. The first kappa shape index (κ1) is 30.1. The lowest BCUT2D eigenvalue weighted by molar-refractivity contribution is 0.427. The Morgan fingerprint density at radius 2 is 1.15 bits per heavy atom. The highest BCUT2D eigenvalue weighted by Gasteiger charge is 2.21. The maximum atomic E-state index is 15.2. The normalized spacial score (nSPS) is 15.3. The van der Waals surface area contributed by atoms with E-state index in [0.29, 0.717) is 34.6 Å². The van der Waals surface area contributed by atoms with Gasteiger partial charge in [-0.3, -0.25) is 0 Å². The molecule has 1 aliphatic carbocycles. The molecule has 0 N–H and O–H groups in total. The van der Waals surface area contributed by atoms with Crippen molar-refractivity contribution in [3.8, 4) is 22.3 Å². The average Bonchev–Trinajstić information content (AvgIpc) is 2.97. The van der Waals surface area contributed by atoms with Gasteiger partial charge < -0.3 is 0 Å². The van der Waals surface area contributed by atoms with E-state index in [1.807, 2.05) is 0 Å². The minimum absolute atomic E-state index is 0.159. The molecule has 0 aromatic heterocycles. The number of aryl methyl sites for hydroxylation is 1. The van der Waals surface area contributed by atoms with Crippen molar-refractivity contribution in [3.05, 3.63) is 89.0 Å². The van der Waals surface area contributed by atoms with Crippen molar-refractivity contribution < 1.29 is 17.6 Å². The number of halogens is 4. The fourth-order valence-electron chi connectivity index (χ4n) is 5.85. The van der Waals surface area contributed by atoms with Gasteiger partial charge in [0.25, 0.3) is 0 Å². The van der Waals surface area contributed by atoms with Crippen LogP contribution in [0.1, 0.15) is 102 Å². The Morgan fingerprint density at radius 3 is 1.77 bits per heavy atom. The summed E-state index contributed by atoms with van der Waals surface area (Å²) in [6, 6.07) is 13.1. The van der Waals surface area contributed by atoms with Crippen LogP contribution in [0.3, 0.4) is 0 Å². The van der Waals surface area contributed by atoms with Crippen LogP contribution in [-0.4, -0.2) is 0 Å². The molecule has 3 aromatic rings. The van der Waals surface area contributed by atoms with Crippen LogP contribution in [0.15, 0.2) is 54.6 Å². The Bertz CT molecular complexity index is 1290. The molecule has 0 bridgehead atoms. The molecule has 40 heavy (non-hydrogen) atoms. The summed E-state index contributed by atoms with van der Waals surface area (Å²) in [4.78, 5) is 0. The summed E-state index contributed by atoms with van der Waals surface area (Å²) in [6.07, 6.45) is 15.4. The molecule has 0 nitrogen and oxygen atoms in total. The van der Waals surface area contributed by atoms with Crippen LogP contribution in [-0.2, 0) is 6.42 Å². The predicted octanol–water partition coefficient (Wildman–Crippen LogP) is 11.9. The van der Waals surface area contributed by atoms with Crippen molar-refractivity contribution in [3.63, 3.8) is 0 Å². The largest absolute Gasteiger partial charge is 0.203 e. The van der Waals surface area contributed by atoms with Gasteiger partial charge in [0.15, 0.2) is 23.3 Å². The Labute approximate surface area is 237 Å². The van der Waals surface area contributed by atoms with Crippen LogP contribution in [0.4, 0.5) is 17.6 Å². The minimum atomic E-state index is -0.878. The number of rotatable bonds is 13. The van der Waals surface area contributed by atoms with E-state index in [4.69, 9.17) is 0 Å². The molecule has 1 aliphatic rings. The van der Waals surface area contributed by atoms with E-state index in [2.05, 4.69) is 19.9 Å². The van der Waals surface area contributed by atoms with Gasteiger partial charge in [-0.1, -0.05) is 120 Å². The Balaban J connectivity index is 1.46. The van der Waals surface area contributed by atoms with Crippen molar-refractivity contribution in [2.75, 3.05) is 0 Å². The van der Waals surface area contributed by atoms with Gasteiger partial charge in [-0.05, 0) is 60.3 Å². The van der Waals surface area contributed by atoms with E-state index in [-0.39, 0.29) is 11.1 Å². The summed E-state index contributed by atoms with van der Waals surface area (Å²) in [5.41, 5.74) is 2.93. The minimum Gasteiger partial charge on any atom is -0.203 e. The van der Waals surface area contributed by atoms with E-state index < -0.39 is 23.3 Å². The van der Waals surface area contributed by atoms with E-state index in [1.165, 1.54) is 25.7 Å². The first-order valence-corrected chi connectivity index (χ1v) is 15.2. The lowest BCUT2D eigenvalue weighted by Gasteiger charge is -2.22. The van der Waals surface area contributed by atoms with Gasteiger partial charge in [0.1, 0.15) is 0 Å². The van der Waals surface area contributed by atoms with Gasteiger partial charge in [0, 0.05) is 16.7 Å². The topological polar surface area (TPSA) is 0 Å². The third-order valence-electron chi connectivity index (χ3n) is 8.38. The quantitative estimate of drug-likeness (QED) is 0.147. The lowest BCUT2D eigenvalue weighted by atomic mass is 9.83. The monoisotopic (exact) mass is 550 g/mol. The highest BCUT2D eigenvalue weighted by atomic mass is 19.2. The molecule has 0 saturated carbocycles. The molecule has 0 spiro atoms. The van der Waals surface area contributed by atoms with Crippen molar-refractivity contribution in [2.24, 2.45) is 5.92 Å². The van der Waals surface area contributed by atoms with Gasteiger partial charge in [-0.25, -0.2) is 17.6 Å². The molecule has 214 valence electrons. The van der Waals surface area contributed by atoms with Crippen molar-refractivity contribution >= 4 is 5.57 Å². The molecule has 3 aromatic carbocycles. The molecule has 4 rings (SSSR count). The van der Waals surface area contributed by atoms with Crippen molar-refractivity contribution in [2.45, 2.75) is 97.3 Å². The third kappa shape index (κ3) is 7.25. The zero-order valence-electron chi connectivity index (χ0n) is 24.0. The second-order valence-corrected chi connectivity index (χ2v) is 11.3. The van der Waals surface area contributed by atoms with E-state index in [1.54, 1.807) is 48.5 Å². The number of benzene rings is 3. The van der Waals surface area contributed by atoms with Gasteiger partial charge in [-0.15, -0.1) is 0 Å². The van der Waals surface area contributed by atoms with Gasteiger partial charge in [0.2, 0.25) is 0 Å². The van der Waals surface area contributed by atoms with Crippen LogP contribution in [0.5, 0.6) is 0 Å². The number of hydrogen-bond acceptors (Lipinski definition) is 0. The summed E-state index contributed by atoms with van der Waals surface area (Å²) >= 11 is 0. The van der Waals surface area contributed by atoms with E-state index in [0.717, 1.165) is 56.9 Å². The van der Waals surface area contributed by atoms with Crippen LogP contribution < -0.4 is 0 Å². The Hall–Kier alpha value is -2.88. The standard InChI is InChI=1S/C36H42F4/c1-3-5-7-8-10-12-29-21-22-30(34(38)33(29)37)27-17-19-28(20-18-27)32-24-23-31(35(39)36(32)40)26-15-13-25(14-16-26)11-9-6-4-2/h15,17-25H,3-14,16H2,1-2H3. The molecule has 0 saturated heterocycles. The van der Waals surface area contributed by atoms with Crippen LogP contribution in [0.25, 0.3) is 27.8 Å². The molecule has 1 unspecified atom stereocenters. The predicted molar refractivity (Wildman–Crippen MR) is 159 cm³/mol. The Kier molecular flexibility index (Phi) is 11.0. The highest BCUT2D eigenvalue weighted by molar-refractivity contribution is 5.74. The first-order valence-electron chi connectivity index (χ1n) is 15.2. The maximum Gasteiger partial charge on any atom is 0.167 e. The zero-order chi connectivity index (χ0) is 28.5. The van der Waals surface area contributed by atoms with Gasteiger partial charge in [-0.2, -0.15) is 0 Å². The van der Waals surface area contributed by atoms with Crippen LogP contribution in [0, 0.1) is 29.2 Å². The van der Waals surface area contributed by atoms with Crippen molar-refractivity contribution in [1.82, 2.24) is 0 Å². The SMILES string of the molecule is CCCCCCCc1ccc(-c2ccc(-c3ccc(C4=CCC(CCCCC)CC4)c(F)c3F)cc2)c(F)c1F. The van der Waals surface area contributed by atoms with Gasteiger partial charge in [0.05, 0.1) is 0 Å². The third-order valence-corrected chi connectivity index (χ3v) is 8.38. The second-order valence-electron chi connectivity index (χ2n) is 11.3. The maximum absolute atomic E-state index is 15.2. The van der Waals surface area contributed by atoms with Gasteiger partial charge >= 0.3 is 0 Å². The molecule has 0 amide bonds. The fourth-order valence-corrected chi connectivity index (χ4v) is 5.85. The fraction of sp³-hybridized carbons (Fsp3) is 0.444. The lowest BCUT2D eigenvalue weighted by Crippen LogP contribution is -2.07. The van der Waals surface area contributed by atoms with E-state index >= 15 is 8.78 Å². The summed E-state index contributed by atoms with van der Waals surface area (Å²) in [6.45, 7) is 4.34. The second kappa shape index (κ2) is 14.7. The molecule has 4 heteroatoms. The number of unbranched alkanes of at least 4 members (excludes halogenated alkanes) is 6. The molecule has 0 fully saturated rings. The average molecular weight is 551 g/mol. The molecule has 1 atom stereocenters. The van der Waals surface area contributed by atoms with Crippen LogP contribution in [0.2, 0.25) is 0 Å². The summed E-state index contributed by atoms with van der Waals surface area (Å²) < 4.78 is 60.2. The summed E-state index contributed by atoms with van der Waals surface area (Å²) in [7, 11) is 0. The number of hydrogen-bond donors (Lipinski definition) is 0. The van der Waals surface area contributed by atoms with Crippen LogP contribution >= 0.6 is 0 Å². The van der Waals surface area contributed by atoms with E-state index in [9.17, 15) is 8.78 Å². The molecule has 0 radical (unpaired) electrons. The molecule has 0 aliphatic heterocycles. The smallest absolute Gasteiger partial charge is 0.167 e. The zero-order valence-corrected chi connectivity index (χ0v) is 24.0. The molecule has 0 heterocycles.